The van der Waals surface area contributed by atoms with E-state index < -0.39 is 0 Å². The van der Waals surface area contributed by atoms with Gasteiger partial charge in [0.1, 0.15) is 5.75 Å². The second kappa shape index (κ2) is 7.14. The zero-order valence-electron chi connectivity index (χ0n) is 14.2. The molecule has 1 N–H and O–H groups in total. The van der Waals surface area contributed by atoms with E-state index in [1.165, 1.54) is 12.8 Å². The Bertz CT molecular complexity index is 837. The molecule has 7 heteroatoms. The topological polar surface area (TPSA) is 55.2 Å². The summed E-state index contributed by atoms with van der Waals surface area (Å²) in [6.45, 7) is 2.86. The predicted octanol–water partition coefficient (Wildman–Crippen LogP) is 3.55. The van der Waals surface area contributed by atoms with Gasteiger partial charge in [0, 0.05) is 25.0 Å². The summed E-state index contributed by atoms with van der Waals surface area (Å²) in [6, 6.07) is 12.1. The van der Waals surface area contributed by atoms with Gasteiger partial charge in [-0.25, -0.2) is 0 Å². The number of nitrogens with one attached hydrogen (secondary N) is 1. The summed E-state index contributed by atoms with van der Waals surface area (Å²) in [6.07, 6.45) is 4.52. The van der Waals surface area contributed by atoms with E-state index in [1.54, 1.807) is 18.4 Å². The maximum atomic E-state index is 5.40. The molecular weight excluding hydrogens is 334 g/mol. The van der Waals surface area contributed by atoms with Crippen LogP contribution < -0.4 is 15.0 Å². The highest BCUT2D eigenvalue weighted by Crippen LogP contribution is 2.28. The zero-order chi connectivity index (χ0) is 17.1. The van der Waals surface area contributed by atoms with Crippen molar-refractivity contribution in [2.45, 2.75) is 19.4 Å². The second-order valence-electron chi connectivity index (χ2n) is 5.98. The highest BCUT2D eigenvalue weighted by atomic mass is 32.1. The fourth-order valence-electron chi connectivity index (χ4n) is 3.06. The van der Waals surface area contributed by atoms with Gasteiger partial charge in [0.25, 0.3) is 0 Å². The molecule has 0 amide bonds. The Balaban J connectivity index is 1.51. The summed E-state index contributed by atoms with van der Waals surface area (Å²) in [5.74, 6) is 0.841. The number of rotatable bonds is 6. The predicted molar refractivity (Wildman–Crippen MR) is 101 cm³/mol. The fraction of sp³-hybridized carbons (Fsp3) is 0.333. The van der Waals surface area contributed by atoms with E-state index in [9.17, 15) is 0 Å². The Morgan fingerprint density at radius 3 is 2.72 bits per heavy atom. The number of aromatic nitrogens is 3. The van der Waals surface area contributed by atoms with E-state index in [2.05, 4.69) is 31.0 Å². The number of hydrogen-bond donors (Lipinski definition) is 1. The van der Waals surface area contributed by atoms with Crippen molar-refractivity contribution in [1.82, 2.24) is 14.8 Å². The van der Waals surface area contributed by atoms with Crippen LogP contribution in [0.15, 0.2) is 42.6 Å². The molecular formula is C18H21N5OS. The van der Waals surface area contributed by atoms with Crippen LogP contribution in [0.25, 0.3) is 5.13 Å². The molecule has 25 heavy (non-hydrogen) atoms. The number of hydrogen-bond acceptors (Lipinski definition) is 6. The van der Waals surface area contributed by atoms with E-state index in [0.29, 0.717) is 6.54 Å². The molecule has 0 atom stereocenters. The van der Waals surface area contributed by atoms with Crippen molar-refractivity contribution in [3.8, 4) is 10.9 Å². The van der Waals surface area contributed by atoms with Crippen LogP contribution in [0.3, 0.4) is 0 Å². The normalized spacial score (nSPS) is 14.0. The minimum absolute atomic E-state index is 0.687. The Labute approximate surface area is 151 Å². The fourth-order valence-corrected chi connectivity index (χ4v) is 3.98. The van der Waals surface area contributed by atoms with Crippen molar-refractivity contribution in [1.29, 1.82) is 0 Å². The van der Waals surface area contributed by atoms with Gasteiger partial charge < -0.3 is 15.0 Å². The molecule has 6 nitrogen and oxygen atoms in total. The lowest BCUT2D eigenvalue weighted by Crippen LogP contribution is -2.17. The molecule has 1 aliphatic heterocycles. The molecule has 0 radical (unpaired) electrons. The molecule has 1 saturated heterocycles. The van der Waals surface area contributed by atoms with Crippen LogP contribution in [-0.4, -0.2) is 35.0 Å². The molecule has 0 unspecified atom stereocenters. The van der Waals surface area contributed by atoms with Crippen molar-refractivity contribution < 1.29 is 4.74 Å². The SMILES string of the molecule is COc1ccccc1NCc1cccn1-c1nnc(N2CCCC2)s1. The van der Waals surface area contributed by atoms with Gasteiger partial charge in [0.05, 0.1) is 19.3 Å². The molecule has 3 heterocycles. The molecule has 0 saturated carbocycles. The van der Waals surface area contributed by atoms with Crippen LogP contribution in [0.2, 0.25) is 0 Å². The van der Waals surface area contributed by atoms with Crippen LogP contribution in [0.1, 0.15) is 18.5 Å². The number of nitrogens with zero attached hydrogens (tertiary/aromatic N) is 4. The van der Waals surface area contributed by atoms with E-state index in [4.69, 9.17) is 4.74 Å². The molecule has 0 aliphatic carbocycles. The monoisotopic (exact) mass is 355 g/mol. The molecule has 130 valence electrons. The smallest absolute Gasteiger partial charge is 0.218 e. The lowest BCUT2D eigenvalue weighted by atomic mass is 10.3. The largest absolute Gasteiger partial charge is 0.495 e. The molecule has 4 rings (SSSR count). The standard InChI is InChI=1S/C18H21N5OS/c1-24-16-9-3-2-8-15(16)19-13-14-7-6-12-23(14)18-21-20-17(25-18)22-10-4-5-11-22/h2-3,6-9,12,19H,4-5,10-11,13H2,1H3. The first-order chi connectivity index (χ1) is 12.3. The second-order valence-corrected chi connectivity index (χ2v) is 6.92. The maximum Gasteiger partial charge on any atom is 0.218 e. The summed E-state index contributed by atoms with van der Waals surface area (Å²) < 4.78 is 7.49. The van der Waals surface area contributed by atoms with Crippen molar-refractivity contribution in [3.63, 3.8) is 0 Å². The molecule has 1 aromatic carbocycles. The maximum absolute atomic E-state index is 5.40. The Morgan fingerprint density at radius 1 is 1.08 bits per heavy atom. The third-order valence-corrected chi connectivity index (χ3v) is 5.37. The number of ether oxygens (including phenoxy) is 1. The summed E-state index contributed by atoms with van der Waals surface area (Å²) in [5.41, 5.74) is 2.11. The third-order valence-electron chi connectivity index (χ3n) is 4.39. The third kappa shape index (κ3) is 3.32. The Hall–Kier alpha value is -2.54. The highest BCUT2D eigenvalue weighted by molar-refractivity contribution is 7.17. The first-order valence-corrected chi connectivity index (χ1v) is 9.29. The van der Waals surface area contributed by atoms with Crippen LogP contribution >= 0.6 is 11.3 Å². The lowest BCUT2D eigenvalue weighted by Gasteiger charge is -2.12. The van der Waals surface area contributed by atoms with Gasteiger partial charge in [-0.15, -0.1) is 10.2 Å². The van der Waals surface area contributed by atoms with E-state index in [-0.39, 0.29) is 0 Å². The highest BCUT2D eigenvalue weighted by Gasteiger charge is 2.18. The van der Waals surface area contributed by atoms with Gasteiger partial charge in [-0.05, 0) is 37.1 Å². The summed E-state index contributed by atoms with van der Waals surface area (Å²) in [4.78, 5) is 2.32. The van der Waals surface area contributed by atoms with Gasteiger partial charge in [-0.1, -0.05) is 23.5 Å². The van der Waals surface area contributed by atoms with Gasteiger partial charge in [-0.2, -0.15) is 0 Å². The average molecular weight is 355 g/mol. The van der Waals surface area contributed by atoms with Gasteiger partial charge in [0.15, 0.2) is 0 Å². The minimum Gasteiger partial charge on any atom is -0.495 e. The van der Waals surface area contributed by atoms with Crippen LogP contribution in [0.5, 0.6) is 5.75 Å². The van der Waals surface area contributed by atoms with E-state index in [0.717, 1.165) is 40.5 Å². The van der Waals surface area contributed by atoms with E-state index in [1.807, 2.05) is 36.5 Å². The van der Waals surface area contributed by atoms with Crippen LogP contribution in [-0.2, 0) is 6.54 Å². The number of para-hydroxylation sites is 2. The van der Waals surface area contributed by atoms with Gasteiger partial charge >= 0.3 is 0 Å². The van der Waals surface area contributed by atoms with Crippen molar-refractivity contribution in [2.75, 3.05) is 30.4 Å². The molecule has 1 aliphatic rings. The first-order valence-electron chi connectivity index (χ1n) is 8.47. The lowest BCUT2D eigenvalue weighted by molar-refractivity contribution is 0.416. The Morgan fingerprint density at radius 2 is 1.88 bits per heavy atom. The van der Waals surface area contributed by atoms with Gasteiger partial charge in [0.2, 0.25) is 10.3 Å². The van der Waals surface area contributed by atoms with Gasteiger partial charge in [-0.3, -0.25) is 4.57 Å². The average Bonchev–Trinajstić information content (AvgIpc) is 3.40. The molecule has 2 aromatic heterocycles. The molecule has 3 aromatic rings. The molecule has 1 fully saturated rings. The van der Waals surface area contributed by atoms with Crippen LogP contribution in [0, 0.1) is 0 Å². The van der Waals surface area contributed by atoms with Crippen molar-refractivity contribution in [2.24, 2.45) is 0 Å². The summed E-state index contributed by atoms with van der Waals surface area (Å²) in [7, 11) is 1.68. The number of benzene rings is 1. The first kappa shape index (κ1) is 16.0. The van der Waals surface area contributed by atoms with Crippen LogP contribution in [0.4, 0.5) is 10.8 Å². The number of methoxy groups -OCH3 is 1. The van der Waals surface area contributed by atoms with E-state index >= 15 is 0 Å². The zero-order valence-corrected chi connectivity index (χ0v) is 15.0. The quantitative estimate of drug-likeness (QED) is 0.733. The summed E-state index contributed by atoms with van der Waals surface area (Å²) >= 11 is 1.65. The van der Waals surface area contributed by atoms with Crippen molar-refractivity contribution in [3.05, 3.63) is 48.3 Å². The summed E-state index contributed by atoms with van der Waals surface area (Å²) in [5, 5.41) is 14.1. The van der Waals surface area contributed by atoms with Crippen molar-refractivity contribution >= 4 is 22.2 Å². The minimum atomic E-state index is 0.687. The molecule has 0 spiro atoms. The number of anilines is 2. The Kier molecular flexibility index (Phi) is 4.56. The molecule has 0 bridgehead atoms.